The van der Waals surface area contributed by atoms with Gasteiger partial charge >= 0.3 is 0 Å². The van der Waals surface area contributed by atoms with Crippen molar-refractivity contribution in [1.82, 2.24) is 9.03 Å². The van der Waals surface area contributed by atoms with Gasteiger partial charge in [0.25, 0.3) is 10.2 Å². The van der Waals surface area contributed by atoms with Gasteiger partial charge in [-0.3, -0.25) is 0 Å². The summed E-state index contributed by atoms with van der Waals surface area (Å²) >= 11 is 1.45. The van der Waals surface area contributed by atoms with Crippen LogP contribution in [0.15, 0.2) is 11.4 Å². The molecule has 0 bridgehead atoms. The van der Waals surface area contributed by atoms with Gasteiger partial charge in [-0.2, -0.15) is 17.4 Å². The van der Waals surface area contributed by atoms with Crippen LogP contribution in [-0.4, -0.2) is 37.5 Å². The van der Waals surface area contributed by atoms with Crippen LogP contribution >= 0.6 is 11.3 Å². The number of nitrogens with zero attached hydrogens (tertiary/aromatic N) is 1. The van der Waals surface area contributed by atoms with Crippen LogP contribution in [0.2, 0.25) is 0 Å². The van der Waals surface area contributed by atoms with E-state index in [0.29, 0.717) is 6.54 Å². The molecule has 1 rings (SSSR count). The van der Waals surface area contributed by atoms with E-state index in [1.54, 1.807) is 13.8 Å². The molecular weight excluding hydrogens is 284 g/mol. The lowest BCUT2D eigenvalue weighted by atomic mass is 10.3. The van der Waals surface area contributed by atoms with Gasteiger partial charge in [0.05, 0.1) is 0 Å². The Morgan fingerprint density at radius 3 is 2.79 bits per heavy atom. The molecule has 0 spiro atoms. The van der Waals surface area contributed by atoms with Crippen molar-refractivity contribution in [2.24, 2.45) is 0 Å². The standard InChI is InChI=1S/C12H18N2O3S2/c1-10(2)13-19(16,17)14(3)8-12-7-11(9-18-12)5-4-6-15/h7,9-10,13,15H,6,8H2,1-3H3. The fourth-order valence-corrected chi connectivity index (χ4v) is 3.40. The summed E-state index contributed by atoms with van der Waals surface area (Å²) in [5, 5.41) is 10.4. The summed E-state index contributed by atoms with van der Waals surface area (Å²) in [5.74, 6) is 5.34. The predicted molar refractivity (Wildman–Crippen MR) is 76.9 cm³/mol. The van der Waals surface area contributed by atoms with Crippen LogP contribution in [0.4, 0.5) is 0 Å². The first-order valence-electron chi connectivity index (χ1n) is 5.76. The summed E-state index contributed by atoms with van der Waals surface area (Å²) in [4.78, 5) is 0.902. The van der Waals surface area contributed by atoms with E-state index in [0.717, 1.165) is 10.4 Å². The Morgan fingerprint density at radius 2 is 2.21 bits per heavy atom. The van der Waals surface area contributed by atoms with Gasteiger partial charge in [0, 0.05) is 35.5 Å². The second-order valence-corrected chi connectivity index (χ2v) is 7.10. The van der Waals surface area contributed by atoms with Gasteiger partial charge in [0.1, 0.15) is 6.61 Å². The monoisotopic (exact) mass is 302 g/mol. The minimum Gasteiger partial charge on any atom is -0.384 e. The molecule has 1 heterocycles. The normalized spacial score (nSPS) is 11.7. The molecule has 0 fully saturated rings. The minimum absolute atomic E-state index is 0.137. The van der Waals surface area contributed by atoms with Crippen LogP contribution in [0.25, 0.3) is 0 Å². The quantitative estimate of drug-likeness (QED) is 0.789. The summed E-state index contributed by atoms with van der Waals surface area (Å²) in [6, 6.07) is 1.69. The molecule has 0 atom stereocenters. The predicted octanol–water partition coefficient (Wildman–Crippen LogP) is 0.766. The molecule has 0 aliphatic heterocycles. The van der Waals surface area contributed by atoms with Gasteiger partial charge in [0.15, 0.2) is 0 Å². The van der Waals surface area contributed by atoms with E-state index >= 15 is 0 Å². The molecule has 106 valence electrons. The lowest BCUT2D eigenvalue weighted by Gasteiger charge is -2.18. The van der Waals surface area contributed by atoms with E-state index in [1.165, 1.54) is 22.7 Å². The van der Waals surface area contributed by atoms with Gasteiger partial charge in [-0.15, -0.1) is 11.3 Å². The number of aliphatic hydroxyl groups excluding tert-OH is 1. The lowest BCUT2D eigenvalue weighted by Crippen LogP contribution is -2.41. The third-order valence-corrected chi connectivity index (χ3v) is 4.78. The molecule has 2 N–H and O–H groups in total. The number of hydrogen-bond donors (Lipinski definition) is 2. The van der Waals surface area contributed by atoms with Crippen molar-refractivity contribution in [1.29, 1.82) is 0 Å². The fraction of sp³-hybridized carbons (Fsp3) is 0.500. The average molecular weight is 302 g/mol. The topological polar surface area (TPSA) is 69.6 Å². The second-order valence-electron chi connectivity index (χ2n) is 4.30. The summed E-state index contributed by atoms with van der Waals surface area (Å²) in [6.45, 7) is 3.67. The van der Waals surface area contributed by atoms with Gasteiger partial charge in [-0.05, 0) is 19.9 Å². The Kier molecular flexibility index (Phi) is 5.97. The van der Waals surface area contributed by atoms with E-state index in [2.05, 4.69) is 16.6 Å². The van der Waals surface area contributed by atoms with Crippen LogP contribution < -0.4 is 4.72 Å². The molecular formula is C12H18N2O3S2. The Morgan fingerprint density at radius 1 is 1.53 bits per heavy atom. The van der Waals surface area contributed by atoms with Crippen molar-refractivity contribution in [2.75, 3.05) is 13.7 Å². The first-order valence-corrected chi connectivity index (χ1v) is 8.08. The van der Waals surface area contributed by atoms with E-state index in [-0.39, 0.29) is 12.6 Å². The third-order valence-electron chi connectivity index (χ3n) is 2.14. The number of hydrogen-bond acceptors (Lipinski definition) is 4. The highest BCUT2D eigenvalue weighted by molar-refractivity contribution is 7.87. The van der Waals surface area contributed by atoms with Crippen LogP contribution in [0, 0.1) is 11.8 Å². The van der Waals surface area contributed by atoms with Crippen LogP contribution in [0.1, 0.15) is 24.3 Å². The van der Waals surface area contributed by atoms with Gasteiger partial charge in [-0.1, -0.05) is 11.8 Å². The Hall–Kier alpha value is -0.910. The van der Waals surface area contributed by atoms with Crippen molar-refractivity contribution >= 4 is 21.5 Å². The molecule has 19 heavy (non-hydrogen) atoms. The molecule has 0 saturated heterocycles. The number of aliphatic hydroxyl groups is 1. The number of nitrogens with one attached hydrogen (secondary N) is 1. The highest BCUT2D eigenvalue weighted by atomic mass is 32.2. The van der Waals surface area contributed by atoms with Gasteiger partial charge < -0.3 is 5.11 Å². The molecule has 7 heteroatoms. The Labute approximate surface area is 118 Å². The molecule has 1 aromatic heterocycles. The number of thiophene rings is 1. The van der Waals surface area contributed by atoms with E-state index in [4.69, 9.17) is 5.11 Å². The molecule has 0 aromatic carbocycles. The minimum atomic E-state index is -3.45. The molecule has 1 aromatic rings. The zero-order chi connectivity index (χ0) is 14.5. The molecule has 0 radical (unpaired) electrons. The van der Waals surface area contributed by atoms with Crippen molar-refractivity contribution < 1.29 is 13.5 Å². The molecule has 0 aliphatic carbocycles. The zero-order valence-corrected chi connectivity index (χ0v) is 12.8. The Bertz CT molecular complexity index is 567. The Balaban J connectivity index is 2.72. The van der Waals surface area contributed by atoms with Crippen LogP contribution in [0.3, 0.4) is 0 Å². The fourth-order valence-electron chi connectivity index (χ4n) is 1.36. The second kappa shape index (κ2) is 7.03. The summed E-state index contributed by atoms with van der Waals surface area (Å²) in [6.07, 6.45) is 0. The van der Waals surface area contributed by atoms with E-state index < -0.39 is 10.2 Å². The summed E-state index contributed by atoms with van der Waals surface area (Å²) in [5.41, 5.74) is 0.789. The van der Waals surface area contributed by atoms with Crippen LogP contribution in [-0.2, 0) is 16.8 Å². The zero-order valence-electron chi connectivity index (χ0n) is 11.2. The lowest BCUT2D eigenvalue weighted by molar-refractivity contribution is 0.350. The molecule has 0 saturated carbocycles. The first kappa shape index (κ1) is 16.1. The van der Waals surface area contributed by atoms with E-state index in [9.17, 15) is 8.42 Å². The third kappa shape index (κ3) is 5.30. The number of rotatable bonds is 5. The van der Waals surface area contributed by atoms with E-state index in [1.807, 2.05) is 11.4 Å². The van der Waals surface area contributed by atoms with Crippen molar-refractivity contribution in [3.8, 4) is 11.8 Å². The largest absolute Gasteiger partial charge is 0.384 e. The molecule has 0 aliphatic rings. The molecule has 5 nitrogen and oxygen atoms in total. The SMILES string of the molecule is CC(C)NS(=O)(=O)N(C)Cc1cc(C#CCO)cs1. The molecule has 0 amide bonds. The summed E-state index contributed by atoms with van der Waals surface area (Å²) < 4.78 is 27.6. The highest BCUT2D eigenvalue weighted by Crippen LogP contribution is 2.16. The maximum atomic E-state index is 11.9. The summed E-state index contributed by atoms with van der Waals surface area (Å²) in [7, 11) is -1.92. The maximum absolute atomic E-state index is 11.9. The average Bonchev–Trinajstić information content (AvgIpc) is 2.72. The van der Waals surface area contributed by atoms with Gasteiger partial charge in [0.2, 0.25) is 0 Å². The smallest absolute Gasteiger partial charge is 0.279 e. The van der Waals surface area contributed by atoms with Crippen molar-refractivity contribution in [2.45, 2.75) is 26.4 Å². The van der Waals surface area contributed by atoms with Crippen molar-refractivity contribution in [3.63, 3.8) is 0 Å². The highest BCUT2D eigenvalue weighted by Gasteiger charge is 2.19. The molecule has 0 unspecified atom stereocenters. The van der Waals surface area contributed by atoms with Gasteiger partial charge in [-0.25, -0.2) is 0 Å². The first-order chi connectivity index (χ1) is 8.85. The van der Waals surface area contributed by atoms with Crippen LogP contribution in [0.5, 0.6) is 0 Å². The van der Waals surface area contributed by atoms with Crippen molar-refractivity contribution in [3.05, 3.63) is 21.9 Å². The maximum Gasteiger partial charge on any atom is 0.279 e.